The third kappa shape index (κ3) is 5.32. The summed E-state index contributed by atoms with van der Waals surface area (Å²) >= 11 is 0.618. The van der Waals surface area contributed by atoms with Crippen LogP contribution < -0.4 is 10.1 Å². The number of imide groups is 1. The van der Waals surface area contributed by atoms with Gasteiger partial charge in [-0.1, -0.05) is 48.5 Å². The molecule has 1 atom stereocenters. The minimum atomic E-state index is -1.72. The molecule has 1 aliphatic rings. The SMILES string of the molecule is O=C1NC(=O)[C@@](Cc2ccc(OCC(=O)c3ccccn3)cc2)(C(=O)OCc2ccccc2)S1. The summed E-state index contributed by atoms with van der Waals surface area (Å²) in [6.07, 6.45) is 1.49. The van der Waals surface area contributed by atoms with Gasteiger partial charge < -0.3 is 9.47 Å². The van der Waals surface area contributed by atoms with Gasteiger partial charge in [-0.15, -0.1) is 0 Å². The number of Topliss-reactive ketones (excluding diaryl/α,β-unsaturated/α-hetero) is 1. The average molecular weight is 477 g/mol. The number of carbonyl (C=O) groups is 4. The number of hydrogen-bond acceptors (Lipinski definition) is 8. The van der Waals surface area contributed by atoms with Crippen LogP contribution in [0.1, 0.15) is 21.6 Å². The molecule has 0 radical (unpaired) electrons. The second kappa shape index (κ2) is 10.3. The van der Waals surface area contributed by atoms with Crippen molar-refractivity contribution in [2.24, 2.45) is 0 Å². The zero-order valence-corrected chi connectivity index (χ0v) is 18.7. The molecule has 1 aromatic heterocycles. The standard InChI is InChI=1S/C25H20N2O6S/c28-21(20-8-4-5-13-26-20)16-32-19-11-9-17(10-12-19)14-25(22(29)27-24(31)34-25)23(30)33-15-18-6-2-1-3-7-18/h1-13H,14-16H2,(H,27,29,31)/t25-/m0/s1. The highest BCUT2D eigenvalue weighted by atomic mass is 32.2. The molecule has 172 valence electrons. The van der Waals surface area contributed by atoms with E-state index >= 15 is 0 Å². The fraction of sp³-hybridized carbons (Fsp3) is 0.160. The highest BCUT2D eigenvalue weighted by Crippen LogP contribution is 2.37. The van der Waals surface area contributed by atoms with E-state index in [9.17, 15) is 19.2 Å². The number of thioether (sulfide) groups is 1. The van der Waals surface area contributed by atoms with Gasteiger partial charge >= 0.3 is 5.97 Å². The molecule has 1 fully saturated rings. The third-order valence-electron chi connectivity index (χ3n) is 5.09. The van der Waals surface area contributed by atoms with Crippen molar-refractivity contribution in [1.29, 1.82) is 0 Å². The average Bonchev–Trinajstić information content (AvgIpc) is 3.16. The van der Waals surface area contributed by atoms with E-state index in [2.05, 4.69) is 10.3 Å². The lowest BCUT2D eigenvalue weighted by atomic mass is 9.97. The zero-order valence-electron chi connectivity index (χ0n) is 17.9. The Balaban J connectivity index is 1.42. The summed E-state index contributed by atoms with van der Waals surface area (Å²) in [4.78, 5) is 53.6. The summed E-state index contributed by atoms with van der Waals surface area (Å²) in [6.45, 7) is -0.195. The minimum absolute atomic E-state index is 0.0134. The Hall–Kier alpha value is -3.98. The molecule has 0 saturated carbocycles. The van der Waals surface area contributed by atoms with Gasteiger partial charge in [-0.05, 0) is 47.2 Å². The summed E-state index contributed by atoms with van der Waals surface area (Å²) < 4.78 is 9.20. The van der Waals surface area contributed by atoms with Crippen molar-refractivity contribution in [3.63, 3.8) is 0 Å². The van der Waals surface area contributed by atoms with Gasteiger partial charge in [-0.25, -0.2) is 4.79 Å². The summed E-state index contributed by atoms with van der Waals surface area (Å²) in [5.74, 6) is -1.32. The largest absolute Gasteiger partial charge is 0.485 e. The molecule has 2 aromatic carbocycles. The second-order valence-electron chi connectivity index (χ2n) is 7.48. The van der Waals surface area contributed by atoms with Gasteiger partial charge in [0.15, 0.2) is 6.61 Å². The zero-order chi connectivity index (χ0) is 24.0. The number of benzene rings is 2. The Kier molecular flexibility index (Phi) is 7.03. The highest BCUT2D eigenvalue weighted by Gasteiger charge is 2.55. The van der Waals surface area contributed by atoms with Crippen LogP contribution in [-0.4, -0.2) is 39.2 Å². The van der Waals surface area contributed by atoms with E-state index in [-0.39, 0.29) is 25.4 Å². The number of amides is 2. The van der Waals surface area contributed by atoms with E-state index in [1.54, 1.807) is 54.6 Å². The second-order valence-corrected chi connectivity index (χ2v) is 8.75. The molecule has 2 amide bonds. The first kappa shape index (κ1) is 23.2. The Bertz CT molecular complexity index is 1200. The van der Waals surface area contributed by atoms with E-state index in [0.29, 0.717) is 28.8 Å². The monoisotopic (exact) mass is 476 g/mol. The van der Waals surface area contributed by atoms with Crippen molar-refractivity contribution in [1.82, 2.24) is 10.3 Å². The van der Waals surface area contributed by atoms with Gasteiger partial charge in [0.2, 0.25) is 10.5 Å². The quantitative estimate of drug-likeness (QED) is 0.284. The van der Waals surface area contributed by atoms with Crippen LogP contribution in [0, 0.1) is 0 Å². The van der Waals surface area contributed by atoms with Crippen molar-refractivity contribution in [3.8, 4) is 5.75 Å². The smallest absolute Gasteiger partial charge is 0.333 e. The van der Waals surface area contributed by atoms with Gasteiger partial charge in [0.1, 0.15) is 18.1 Å². The number of esters is 1. The molecule has 1 saturated heterocycles. The van der Waals surface area contributed by atoms with E-state index in [0.717, 1.165) is 5.56 Å². The number of pyridine rings is 1. The van der Waals surface area contributed by atoms with Gasteiger partial charge in [-0.3, -0.25) is 24.7 Å². The maximum Gasteiger partial charge on any atom is 0.333 e. The van der Waals surface area contributed by atoms with E-state index in [4.69, 9.17) is 9.47 Å². The fourth-order valence-corrected chi connectivity index (χ4v) is 4.31. The van der Waals surface area contributed by atoms with Crippen LogP contribution in [0.15, 0.2) is 79.0 Å². The van der Waals surface area contributed by atoms with Crippen molar-refractivity contribution in [2.45, 2.75) is 17.8 Å². The van der Waals surface area contributed by atoms with Crippen molar-refractivity contribution >= 4 is 34.7 Å². The minimum Gasteiger partial charge on any atom is -0.485 e. The Morgan fingerprint density at radius 3 is 2.29 bits per heavy atom. The molecule has 0 aliphatic carbocycles. The molecule has 9 heteroatoms. The molecule has 1 N–H and O–H groups in total. The van der Waals surface area contributed by atoms with Crippen LogP contribution in [0.25, 0.3) is 0 Å². The Labute approximate surface area is 199 Å². The summed E-state index contributed by atoms with van der Waals surface area (Å²) in [5, 5.41) is 1.58. The van der Waals surface area contributed by atoms with E-state index in [1.165, 1.54) is 6.20 Å². The fourth-order valence-electron chi connectivity index (χ4n) is 3.33. The van der Waals surface area contributed by atoms with Crippen molar-refractivity contribution in [3.05, 3.63) is 95.8 Å². The van der Waals surface area contributed by atoms with E-state index < -0.39 is 21.9 Å². The Morgan fingerprint density at radius 1 is 0.912 bits per heavy atom. The van der Waals surface area contributed by atoms with Crippen molar-refractivity contribution < 1.29 is 28.7 Å². The van der Waals surface area contributed by atoms with Crippen LogP contribution in [0.5, 0.6) is 5.75 Å². The van der Waals surface area contributed by atoms with E-state index in [1.807, 2.05) is 18.2 Å². The number of nitrogens with one attached hydrogen (secondary N) is 1. The number of ether oxygens (including phenoxy) is 2. The summed E-state index contributed by atoms with van der Waals surface area (Å²) in [7, 11) is 0. The molecule has 1 aliphatic heterocycles. The molecule has 4 rings (SSSR count). The number of ketones is 1. The van der Waals surface area contributed by atoms with Gasteiger partial charge in [0.25, 0.3) is 11.1 Å². The topological polar surface area (TPSA) is 112 Å². The number of hydrogen-bond donors (Lipinski definition) is 1. The predicted octanol–water partition coefficient (Wildman–Crippen LogP) is 3.35. The molecular formula is C25H20N2O6S. The maximum atomic E-state index is 13.0. The first-order valence-electron chi connectivity index (χ1n) is 10.4. The molecule has 2 heterocycles. The van der Waals surface area contributed by atoms with Gasteiger partial charge in [-0.2, -0.15) is 0 Å². The molecular weight excluding hydrogens is 456 g/mol. The lowest BCUT2D eigenvalue weighted by molar-refractivity contribution is -0.150. The van der Waals surface area contributed by atoms with Gasteiger partial charge in [0, 0.05) is 12.6 Å². The lowest BCUT2D eigenvalue weighted by Gasteiger charge is -2.22. The molecule has 0 bridgehead atoms. The number of aromatic nitrogens is 1. The lowest BCUT2D eigenvalue weighted by Crippen LogP contribution is -2.46. The summed E-state index contributed by atoms with van der Waals surface area (Å²) in [5.41, 5.74) is 1.70. The first-order chi connectivity index (χ1) is 16.5. The predicted molar refractivity (Wildman–Crippen MR) is 124 cm³/mol. The highest BCUT2D eigenvalue weighted by molar-refractivity contribution is 8.16. The van der Waals surface area contributed by atoms with Crippen LogP contribution in [0.4, 0.5) is 4.79 Å². The molecule has 0 unspecified atom stereocenters. The molecule has 34 heavy (non-hydrogen) atoms. The maximum absolute atomic E-state index is 13.0. The molecule has 8 nitrogen and oxygen atoms in total. The molecule has 3 aromatic rings. The third-order valence-corrected chi connectivity index (χ3v) is 6.22. The first-order valence-corrected chi connectivity index (χ1v) is 11.2. The number of carbonyl (C=O) groups excluding carboxylic acids is 4. The Morgan fingerprint density at radius 2 is 1.65 bits per heavy atom. The van der Waals surface area contributed by atoms with Crippen LogP contribution in [0.3, 0.4) is 0 Å². The number of nitrogens with zero attached hydrogens (tertiary/aromatic N) is 1. The van der Waals surface area contributed by atoms with Crippen LogP contribution in [-0.2, 0) is 27.4 Å². The molecule has 0 spiro atoms. The van der Waals surface area contributed by atoms with Crippen molar-refractivity contribution in [2.75, 3.05) is 6.61 Å². The van der Waals surface area contributed by atoms with Crippen LogP contribution in [0.2, 0.25) is 0 Å². The normalized spacial score (nSPS) is 17.2. The van der Waals surface area contributed by atoms with Crippen LogP contribution >= 0.6 is 11.8 Å². The summed E-state index contributed by atoms with van der Waals surface area (Å²) in [6, 6.07) is 20.7. The van der Waals surface area contributed by atoms with Gasteiger partial charge in [0.05, 0.1) is 0 Å². The number of rotatable bonds is 9.